The van der Waals surface area contributed by atoms with Gasteiger partial charge < -0.3 is 5.32 Å². The molecule has 5 nitrogen and oxygen atoms in total. The second-order valence-electron chi connectivity index (χ2n) is 4.50. The third kappa shape index (κ3) is 2.36. The molecular formula is C15H16N4O. The molecule has 0 spiro atoms. The van der Waals surface area contributed by atoms with Gasteiger partial charge in [-0.25, -0.2) is 4.68 Å². The van der Waals surface area contributed by atoms with E-state index >= 15 is 0 Å². The smallest absolute Gasteiger partial charge is 0.295 e. The van der Waals surface area contributed by atoms with Gasteiger partial charge in [-0.3, -0.25) is 9.48 Å². The summed E-state index contributed by atoms with van der Waals surface area (Å²) in [5.74, 6) is 0. The summed E-state index contributed by atoms with van der Waals surface area (Å²) in [7, 11) is 1.82. The molecule has 0 aliphatic heterocycles. The number of hydrogen-bond donors (Lipinski definition) is 1. The normalized spacial score (nSPS) is 10.1. The molecule has 0 saturated heterocycles. The highest BCUT2D eigenvalue weighted by Gasteiger charge is 2.16. The molecule has 1 aromatic heterocycles. The van der Waals surface area contributed by atoms with Gasteiger partial charge in [0.25, 0.3) is 5.56 Å². The summed E-state index contributed by atoms with van der Waals surface area (Å²) in [6, 6.07) is 11.4. The first-order valence-corrected chi connectivity index (χ1v) is 6.22. The van der Waals surface area contributed by atoms with Gasteiger partial charge in [0, 0.05) is 12.7 Å². The van der Waals surface area contributed by atoms with Gasteiger partial charge in [-0.15, -0.1) is 0 Å². The molecule has 0 amide bonds. The van der Waals surface area contributed by atoms with Crippen LogP contribution in [0.25, 0.3) is 5.69 Å². The number of para-hydroxylation sites is 1. The fraction of sp³-hybridized carbons (Fsp3) is 0.200. The van der Waals surface area contributed by atoms with E-state index in [1.54, 1.807) is 9.36 Å². The minimum absolute atomic E-state index is 0.157. The predicted octanol–water partition coefficient (Wildman–Crippen LogP) is 2.32. The Morgan fingerprint density at radius 3 is 2.65 bits per heavy atom. The van der Waals surface area contributed by atoms with Gasteiger partial charge in [-0.2, -0.15) is 5.26 Å². The zero-order valence-electron chi connectivity index (χ0n) is 11.6. The van der Waals surface area contributed by atoms with E-state index < -0.39 is 0 Å². The summed E-state index contributed by atoms with van der Waals surface area (Å²) < 4.78 is 3.36. The van der Waals surface area contributed by atoms with E-state index in [0.717, 1.165) is 11.4 Å². The summed E-state index contributed by atoms with van der Waals surface area (Å²) in [5.41, 5.74) is 2.39. The Morgan fingerprint density at radius 2 is 2.05 bits per heavy atom. The van der Waals surface area contributed by atoms with Crippen molar-refractivity contribution in [3.8, 4) is 11.8 Å². The first-order chi connectivity index (χ1) is 9.56. The summed E-state index contributed by atoms with van der Waals surface area (Å²) in [4.78, 5) is 12.5. The highest BCUT2D eigenvalue weighted by atomic mass is 16.1. The molecule has 0 bridgehead atoms. The number of anilines is 1. The first-order valence-electron chi connectivity index (χ1n) is 6.22. The first kappa shape index (κ1) is 13.7. The monoisotopic (exact) mass is 268 g/mol. The topological polar surface area (TPSA) is 62.8 Å². The molecular weight excluding hydrogens is 252 g/mol. The average Bonchev–Trinajstić information content (AvgIpc) is 2.64. The number of aromatic nitrogens is 2. The fourth-order valence-electron chi connectivity index (χ4n) is 2.03. The number of nitrogens with zero attached hydrogens (tertiary/aromatic N) is 3. The Kier molecular flexibility index (Phi) is 3.76. The maximum Gasteiger partial charge on any atom is 0.295 e. The van der Waals surface area contributed by atoms with Gasteiger partial charge in [0.15, 0.2) is 0 Å². The standard InChI is InChI=1S/C15H16N4O/c1-11(9-10-16)17-14-12(2)18(3)19(15(14)20)13-7-5-4-6-8-13/h4-8,17H,1,9H2,2-3H3. The Morgan fingerprint density at radius 1 is 1.40 bits per heavy atom. The van der Waals surface area contributed by atoms with Gasteiger partial charge in [-0.05, 0) is 19.1 Å². The fourth-order valence-corrected chi connectivity index (χ4v) is 2.03. The molecule has 5 heteroatoms. The van der Waals surface area contributed by atoms with Crippen LogP contribution in [0, 0.1) is 18.3 Å². The molecule has 1 heterocycles. The Hall–Kier alpha value is -2.74. The lowest BCUT2D eigenvalue weighted by Crippen LogP contribution is -2.20. The summed E-state index contributed by atoms with van der Waals surface area (Å²) in [6.45, 7) is 5.59. The number of nitrogens with one attached hydrogen (secondary N) is 1. The molecule has 1 N–H and O–H groups in total. The van der Waals surface area contributed by atoms with Gasteiger partial charge in [0.1, 0.15) is 5.69 Å². The summed E-state index contributed by atoms with van der Waals surface area (Å²) in [5, 5.41) is 11.6. The van der Waals surface area contributed by atoms with Crippen LogP contribution in [-0.4, -0.2) is 9.36 Å². The molecule has 0 aliphatic rings. The molecule has 0 unspecified atom stereocenters. The van der Waals surface area contributed by atoms with Crippen molar-refractivity contribution in [2.24, 2.45) is 7.05 Å². The minimum Gasteiger partial charge on any atom is -0.352 e. The van der Waals surface area contributed by atoms with Crippen LogP contribution in [0.4, 0.5) is 5.69 Å². The van der Waals surface area contributed by atoms with Crippen molar-refractivity contribution in [3.63, 3.8) is 0 Å². The van der Waals surface area contributed by atoms with Crippen molar-refractivity contribution in [1.29, 1.82) is 5.26 Å². The number of hydrogen-bond acceptors (Lipinski definition) is 3. The van der Waals surface area contributed by atoms with E-state index in [2.05, 4.69) is 11.9 Å². The molecule has 0 saturated carbocycles. The van der Waals surface area contributed by atoms with Crippen LogP contribution < -0.4 is 10.9 Å². The molecule has 20 heavy (non-hydrogen) atoms. The molecule has 0 fully saturated rings. The second kappa shape index (κ2) is 5.49. The van der Waals surface area contributed by atoms with Crippen molar-refractivity contribution >= 4 is 5.69 Å². The Balaban J connectivity index is 2.50. The van der Waals surface area contributed by atoms with Gasteiger partial charge in [-0.1, -0.05) is 24.8 Å². The van der Waals surface area contributed by atoms with E-state index in [0.29, 0.717) is 11.4 Å². The van der Waals surface area contributed by atoms with Crippen molar-refractivity contribution in [3.05, 3.63) is 58.7 Å². The molecule has 0 aliphatic carbocycles. The van der Waals surface area contributed by atoms with E-state index in [1.807, 2.05) is 50.4 Å². The summed E-state index contributed by atoms with van der Waals surface area (Å²) in [6.07, 6.45) is 0.166. The molecule has 1 aromatic carbocycles. The van der Waals surface area contributed by atoms with Crippen molar-refractivity contribution < 1.29 is 0 Å². The highest BCUT2D eigenvalue weighted by Crippen LogP contribution is 2.15. The lowest BCUT2D eigenvalue weighted by Gasteiger charge is -2.07. The summed E-state index contributed by atoms with van der Waals surface area (Å²) >= 11 is 0. The van der Waals surface area contributed by atoms with Crippen molar-refractivity contribution in [1.82, 2.24) is 9.36 Å². The van der Waals surface area contributed by atoms with E-state index in [1.165, 1.54) is 0 Å². The third-order valence-electron chi connectivity index (χ3n) is 3.15. The Bertz CT molecular complexity index is 732. The van der Waals surface area contributed by atoms with Crippen LogP contribution in [0.5, 0.6) is 0 Å². The predicted molar refractivity (Wildman–Crippen MR) is 78.7 cm³/mol. The number of allylic oxidation sites excluding steroid dienone is 1. The average molecular weight is 268 g/mol. The molecule has 0 atom stereocenters. The molecule has 102 valence electrons. The van der Waals surface area contributed by atoms with Crippen LogP contribution >= 0.6 is 0 Å². The molecule has 2 rings (SSSR count). The number of rotatable bonds is 4. The van der Waals surface area contributed by atoms with Gasteiger partial charge >= 0.3 is 0 Å². The highest BCUT2D eigenvalue weighted by molar-refractivity contribution is 5.52. The second-order valence-corrected chi connectivity index (χ2v) is 4.50. The van der Waals surface area contributed by atoms with Crippen LogP contribution in [0.3, 0.4) is 0 Å². The molecule has 0 radical (unpaired) electrons. The van der Waals surface area contributed by atoms with Crippen LogP contribution in [0.1, 0.15) is 12.1 Å². The zero-order valence-corrected chi connectivity index (χ0v) is 11.6. The lowest BCUT2D eigenvalue weighted by atomic mass is 10.3. The van der Waals surface area contributed by atoms with Crippen LogP contribution in [0.15, 0.2) is 47.4 Å². The van der Waals surface area contributed by atoms with E-state index in [4.69, 9.17) is 5.26 Å². The molecule has 2 aromatic rings. The van der Waals surface area contributed by atoms with Crippen LogP contribution in [-0.2, 0) is 7.05 Å². The Labute approximate surface area is 117 Å². The SMILES string of the molecule is C=C(CC#N)Nc1c(C)n(C)n(-c2ccccc2)c1=O. The zero-order chi connectivity index (χ0) is 14.7. The number of nitriles is 1. The largest absolute Gasteiger partial charge is 0.352 e. The van der Waals surface area contributed by atoms with Gasteiger partial charge in [0.05, 0.1) is 23.9 Å². The van der Waals surface area contributed by atoms with Crippen LogP contribution in [0.2, 0.25) is 0 Å². The maximum atomic E-state index is 12.5. The van der Waals surface area contributed by atoms with Crippen molar-refractivity contribution in [2.75, 3.05) is 5.32 Å². The van der Waals surface area contributed by atoms with E-state index in [-0.39, 0.29) is 12.0 Å². The third-order valence-corrected chi connectivity index (χ3v) is 3.15. The quantitative estimate of drug-likeness (QED) is 0.925. The van der Waals surface area contributed by atoms with Crippen molar-refractivity contribution in [2.45, 2.75) is 13.3 Å². The number of benzene rings is 1. The maximum absolute atomic E-state index is 12.5. The van der Waals surface area contributed by atoms with Gasteiger partial charge in [0.2, 0.25) is 0 Å². The minimum atomic E-state index is -0.157. The van der Waals surface area contributed by atoms with E-state index in [9.17, 15) is 4.79 Å². The lowest BCUT2D eigenvalue weighted by molar-refractivity contribution is 0.630.